The minimum absolute atomic E-state index is 0.0958. The molecule has 0 aromatic heterocycles. The molecular weight excluding hydrogens is 384 g/mol. The maximum absolute atomic E-state index is 12.5. The molecule has 0 aliphatic heterocycles. The Morgan fingerprint density at radius 2 is 1.46 bits per heavy atom. The van der Waals surface area contributed by atoms with Crippen molar-refractivity contribution in [3.05, 3.63) is 0 Å². The minimum Gasteiger partial charge on any atom is -0.464 e. The van der Waals surface area contributed by atoms with Crippen LogP contribution in [-0.2, 0) is 29.2 Å². The third-order valence-corrected chi connectivity index (χ3v) is 8.23. The van der Waals surface area contributed by atoms with Gasteiger partial charge in [-0.15, -0.1) is 0 Å². The van der Waals surface area contributed by atoms with E-state index < -0.39 is 33.4 Å². The molecule has 5 aliphatic carbocycles. The van der Waals surface area contributed by atoms with E-state index >= 15 is 0 Å². The van der Waals surface area contributed by atoms with Gasteiger partial charge in [-0.1, -0.05) is 6.42 Å². The zero-order valence-corrected chi connectivity index (χ0v) is 17.0. The van der Waals surface area contributed by atoms with Gasteiger partial charge in [0.25, 0.3) is 15.4 Å². The molecule has 28 heavy (non-hydrogen) atoms. The lowest BCUT2D eigenvalue weighted by Gasteiger charge is -2.56. The van der Waals surface area contributed by atoms with Gasteiger partial charge in [-0.3, -0.25) is 4.55 Å². The van der Waals surface area contributed by atoms with E-state index in [9.17, 15) is 22.6 Å². The number of hydrogen-bond acceptors (Lipinski definition) is 6. The number of hydrogen-bond donors (Lipinski definition) is 1. The molecule has 7 nitrogen and oxygen atoms in total. The molecule has 1 unspecified atom stereocenters. The number of rotatable bonds is 6. The van der Waals surface area contributed by atoms with Crippen LogP contribution in [0.15, 0.2) is 0 Å². The normalized spacial score (nSPS) is 36.1. The summed E-state index contributed by atoms with van der Waals surface area (Å²) in [6.07, 6.45) is 10.4. The molecule has 0 saturated heterocycles. The predicted octanol–water partition coefficient (Wildman–Crippen LogP) is 2.88. The molecule has 0 aromatic carbocycles. The molecule has 5 aliphatic rings. The summed E-state index contributed by atoms with van der Waals surface area (Å²) in [6, 6.07) is 0. The van der Waals surface area contributed by atoms with Gasteiger partial charge in [0.15, 0.2) is 0 Å². The summed E-state index contributed by atoms with van der Waals surface area (Å²) in [6.45, 7) is 0.123. The molecule has 0 aromatic rings. The van der Waals surface area contributed by atoms with Crippen molar-refractivity contribution in [2.75, 3.05) is 6.61 Å². The van der Waals surface area contributed by atoms with E-state index in [4.69, 9.17) is 9.47 Å². The quantitative estimate of drug-likeness (QED) is 0.404. The molecule has 0 radical (unpaired) electrons. The largest absolute Gasteiger partial charge is 0.464 e. The average Bonchev–Trinajstić information content (AvgIpc) is 2.58. The maximum Gasteiger partial charge on any atom is 0.338 e. The molecule has 1 N–H and O–H groups in total. The van der Waals surface area contributed by atoms with E-state index in [0.29, 0.717) is 30.6 Å². The third-order valence-electron chi connectivity index (χ3n) is 7.25. The summed E-state index contributed by atoms with van der Waals surface area (Å²) in [4.78, 5) is 24.9. The average molecular weight is 415 g/mol. The summed E-state index contributed by atoms with van der Waals surface area (Å²) in [7, 11) is -4.94. The Morgan fingerprint density at radius 3 is 1.96 bits per heavy atom. The molecule has 0 heterocycles. The van der Waals surface area contributed by atoms with Gasteiger partial charge in [0.05, 0.1) is 6.61 Å². The van der Waals surface area contributed by atoms with Crippen LogP contribution in [0.3, 0.4) is 0 Å². The molecule has 4 bridgehead atoms. The van der Waals surface area contributed by atoms with E-state index in [0.717, 1.165) is 38.5 Å². The van der Waals surface area contributed by atoms with E-state index in [1.165, 1.54) is 19.3 Å². The van der Waals surface area contributed by atoms with Crippen LogP contribution in [-0.4, -0.2) is 42.9 Å². The molecule has 0 amide bonds. The number of carbonyl (C=O) groups is 2. The molecular formula is C20H30O7S. The standard InChI is InChI=1S/C20H30O7S/c21-18(17(28(23,24)25)19(22)27-16-4-2-1-3-5-16)26-12-20-9-13-6-14(10-20)8-15(7-13)11-20/h13-17H,1-12H2,(H,23,24,25). The van der Waals surface area contributed by atoms with Gasteiger partial charge < -0.3 is 9.47 Å². The molecule has 158 valence electrons. The van der Waals surface area contributed by atoms with Gasteiger partial charge in [-0.25, -0.2) is 9.59 Å². The Labute approximate surface area is 166 Å². The van der Waals surface area contributed by atoms with Crippen molar-refractivity contribution in [1.29, 1.82) is 0 Å². The second-order valence-corrected chi connectivity index (χ2v) is 11.1. The second-order valence-electron chi connectivity index (χ2n) is 9.62. The SMILES string of the molecule is O=C(OCC12CC3CC(CC(C3)C1)C2)C(C(=O)OC1CCCCC1)S(=O)(=O)O. The molecule has 1 atom stereocenters. The van der Waals surface area contributed by atoms with Crippen molar-refractivity contribution in [2.24, 2.45) is 23.2 Å². The Kier molecular flexibility index (Phi) is 5.46. The van der Waals surface area contributed by atoms with Crippen LogP contribution in [0, 0.1) is 23.2 Å². The van der Waals surface area contributed by atoms with Crippen LogP contribution >= 0.6 is 0 Å². The summed E-state index contributed by atoms with van der Waals surface area (Å²) >= 11 is 0. The maximum atomic E-state index is 12.5. The lowest BCUT2D eigenvalue weighted by atomic mass is 9.50. The highest BCUT2D eigenvalue weighted by molar-refractivity contribution is 7.88. The van der Waals surface area contributed by atoms with Crippen LogP contribution in [0.4, 0.5) is 0 Å². The van der Waals surface area contributed by atoms with Crippen molar-refractivity contribution >= 4 is 22.1 Å². The Bertz CT molecular complexity index is 688. The first-order valence-corrected chi connectivity index (χ1v) is 12.1. The van der Waals surface area contributed by atoms with E-state index in [-0.39, 0.29) is 12.0 Å². The topological polar surface area (TPSA) is 107 Å². The van der Waals surface area contributed by atoms with Gasteiger partial charge in [-0.2, -0.15) is 8.42 Å². The lowest BCUT2D eigenvalue weighted by molar-refractivity contribution is -0.163. The smallest absolute Gasteiger partial charge is 0.338 e. The first-order valence-electron chi connectivity index (χ1n) is 10.6. The Hall–Kier alpha value is -1.15. The second kappa shape index (κ2) is 7.59. The summed E-state index contributed by atoms with van der Waals surface area (Å²) in [5.41, 5.74) is -0.0958. The van der Waals surface area contributed by atoms with Crippen molar-refractivity contribution < 1.29 is 32.0 Å². The molecule has 0 spiro atoms. The van der Waals surface area contributed by atoms with Crippen molar-refractivity contribution in [3.63, 3.8) is 0 Å². The summed E-state index contributed by atoms with van der Waals surface area (Å²) in [5.74, 6) is -0.431. The zero-order valence-electron chi connectivity index (χ0n) is 16.2. The van der Waals surface area contributed by atoms with E-state index in [1.54, 1.807) is 0 Å². The summed E-state index contributed by atoms with van der Waals surface area (Å²) in [5, 5.41) is -2.30. The minimum atomic E-state index is -4.94. The van der Waals surface area contributed by atoms with Crippen LogP contribution in [0.1, 0.15) is 70.6 Å². The summed E-state index contributed by atoms with van der Waals surface area (Å²) < 4.78 is 43.5. The number of ether oxygens (including phenoxy) is 2. The molecule has 5 rings (SSSR count). The molecule has 8 heteroatoms. The zero-order chi connectivity index (χ0) is 19.9. The lowest BCUT2D eigenvalue weighted by Crippen LogP contribution is -2.49. The Balaban J connectivity index is 1.39. The predicted molar refractivity (Wildman–Crippen MR) is 99.9 cm³/mol. The fourth-order valence-electron chi connectivity index (χ4n) is 6.52. The highest BCUT2D eigenvalue weighted by atomic mass is 32.2. The van der Waals surface area contributed by atoms with Gasteiger partial charge in [0, 0.05) is 5.41 Å². The van der Waals surface area contributed by atoms with Crippen LogP contribution < -0.4 is 0 Å². The van der Waals surface area contributed by atoms with Crippen LogP contribution in [0.2, 0.25) is 0 Å². The highest BCUT2D eigenvalue weighted by Crippen LogP contribution is 2.60. The molecule has 5 fully saturated rings. The third kappa shape index (κ3) is 4.22. The Morgan fingerprint density at radius 1 is 0.929 bits per heavy atom. The van der Waals surface area contributed by atoms with Crippen molar-refractivity contribution in [1.82, 2.24) is 0 Å². The van der Waals surface area contributed by atoms with Gasteiger partial charge in [0.2, 0.25) is 0 Å². The fraction of sp³-hybridized carbons (Fsp3) is 0.900. The van der Waals surface area contributed by atoms with Crippen LogP contribution in [0.5, 0.6) is 0 Å². The fourth-order valence-corrected chi connectivity index (χ4v) is 7.13. The number of esters is 2. The van der Waals surface area contributed by atoms with E-state index in [2.05, 4.69) is 0 Å². The number of carbonyl (C=O) groups excluding carboxylic acids is 2. The van der Waals surface area contributed by atoms with Crippen molar-refractivity contribution in [2.45, 2.75) is 82.0 Å². The van der Waals surface area contributed by atoms with Gasteiger partial charge in [0.1, 0.15) is 6.10 Å². The van der Waals surface area contributed by atoms with Crippen LogP contribution in [0.25, 0.3) is 0 Å². The first kappa shape index (κ1) is 20.1. The highest BCUT2D eigenvalue weighted by Gasteiger charge is 2.52. The first-order chi connectivity index (χ1) is 13.2. The van der Waals surface area contributed by atoms with Crippen molar-refractivity contribution in [3.8, 4) is 0 Å². The monoisotopic (exact) mass is 414 g/mol. The molecule has 5 saturated carbocycles. The van der Waals surface area contributed by atoms with Gasteiger partial charge in [-0.05, 0) is 82.0 Å². The van der Waals surface area contributed by atoms with E-state index in [1.807, 2.05) is 0 Å². The van der Waals surface area contributed by atoms with Gasteiger partial charge >= 0.3 is 11.9 Å².